The highest BCUT2D eigenvalue weighted by Gasteiger charge is 2.30. The molecular formula is C27H34ClFN2O3S. The average molecular weight is 521 g/mol. The fraction of sp³-hybridized carbons (Fsp3) is 0.481. The third-order valence-corrected chi connectivity index (χ3v) is 7.66. The highest BCUT2D eigenvalue weighted by atomic mass is 35.5. The Morgan fingerprint density at radius 3 is 2.63 bits per heavy atom. The number of methoxy groups -OCH3 is 1. The summed E-state index contributed by atoms with van der Waals surface area (Å²) in [5.74, 6) is 0.410. The van der Waals surface area contributed by atoms with Crippen LogP contribution in [0.1, 0.15) is 56.6 Å². The van der Waals surface area contributed by atoms with Crippen molar-refractivity contribution in [3.8, 4) is 5.75 Å². The molecule has 0 saturated heterocycles. The summed E-state index contributed by atoms with van der Waals surface area (Å²) >= 11 is 7.43. The summed E-state index contributed by atoms with van der Waals surface area (Å²) in [6.07, 6.45) is 5.88. The Hall–Kier alpha value is -2.25. The smallest absolute Gasteiger partial charge is 0.243 e. The molecule has 2 aromatic rings. The van der Waals surface area contributed by atoms with E-state index in [4.69, 9.17) is 16.3 Å². The van der Waals surface area contributed by atoms with Gasteiger partial charge in [-0.2, -0.15) is 0 Å². The van der Waals surface area contributed by atoms with Gasteiger partial charge in [0.05, 0.1) is 12.9 Å². The van der Waals surface area contributed by atoms with Crippen LogP contribution < -0.4 is 10.1 Å². The van der Waals surface area contributed by atoms with Gasteiger partial charge in [0.15, 0.2) is 0 Å². The molecule has 0 aliphatic heterocycles. The number of rotatable bonds is 11. The monoisotopic (exact) mass is 520 g/mol. The van der Waals surface area contributed by atoms with E-state index in [-0.39, 0.29) is 41.7 Å². The molecule has 2 amide bonds. The molecular weight excluding hydrogens is 487 g/mol. The number of ether oxygens (including phenoxy) is 1. The quantitative estimate of drug-likeness (QED) is 0.396. The van der Waals surface area contributed by atoms with Gasteiger partial charge in [0.2, 0.25) is 11.8 Å². The Morgan fingerprint density at radius 1 is 1.20 bits per heavy atom. The second-order valence-electron chi connectivity index (χ2n) is 8.83. The molecule has 1 unspecified atom stereocenters. The Balaban J connectivity index is 1.74. The third-order valence-electron chi connectivity index (χ3n) is 6.36. The zero-order valence-electron chi connectivity index (χ0n) is 20.4. The molecule has 1 atom stereocenters. The lowest BCUT2D eigenvalue weighted by Crippen LogP contribution is -2.52. The fourth-order valence-electron chi connectivity index (χ4n) is 4.42. The molecule has 35 heavy (non-hydrogen) atoms. The number of halogens is 2. The number of carbonyl (C=O) groups excluding carboxylic acids is 2. The van der Waals surface area contributed by atoms with Crippen LogP contribution in [-0.4, -0.2) is 41.7 Å². The topological polar surface area (TPSA) is 58.6 Å². The van der Waals surface area contributed by atoms with Crippen LogP contribution in [0.4, 0.5) is 4.39 Å². The van der Waals surface area contributed by atoms with Crippen molar-refractivity contribution in [2.24, 2.45) is 0 Å². The molecule has 0 heterocycles. The van der Waals surface area contributed by atoms with Crippen LogP contribution in [0, 0.1) is 5.82 Å². The molecule has 1 aliphatic rings. The van der Waals surface area contributed by atoms with Crippen LogP contribution in [0.5, 0.6) is 5.75 Å². The normalized spacial score (nSPS) is 14.9. The van der Waals surface area contributed by atoms with Crippen LogP contribution in [-0.2, 0) is 21.9 Å². The van der Waals surface area contributed by atoms with Gasteiger partial charge < -0.3 is 15.0 Å². The highest BCUT2D eigenvalue weighted by molar-refractivity contribution is 7.99. The molecule has 1 N–H and O–H groups in total. The van der Waals surface area contributed by atoms with Crippen molar-refractivity contribution in [2.45, 2.75) is 69.8 Å². The molecule has 0 spiro atoms. The van der Waals surface area contributed by atoms with E-state index < -0.39 is 6.04 Å². The Labute approximate surface area is 216 Å². The molecule has 0 aromatic heterocycles. The van der Waals surface area contributed by atoms with Gasteiger partial charge in [-0.3, -0.25) is 9.59 Å². The Kier molecular flexibility index (Phi) is 10.7. The van der Waals surface area contributed by atoms with Gasteiger partial charge in [-0.05, 0) is 49.1 Å². The molecule has 8 heteroatoms. The molecule has 1 fully saturated rings. The van der Waals surface area contributed by atoms with Gasteiger partial charge in [0, 0.05) is 28.9 Å². The maximum Gasteiger partial charge on any atom is 0.243 e. The predicted molar refractivity (Wildman–Crippen MR) is 140 cm³/mol. The van der Waals surface area contributed by atoms with E-state index in [0.717, 1.165) is 31.2 Å². The number of hydrogen-bond donors (Lipinski definition) is 1. The largest absolute Gasteiger partial charge is 0.497 e. The van der Waals surface area contributed by atoms with Gasteiger partial charge in [-0.1, -0.05) is 56.0 Å². The first-order chi connectivity index (χ1) is 16.9. The summed E-state index contributed by atoms with van der Waals surface area (Å²) < 4.78 is 19.5. The Morgan fingerprint density at radius 2 is 1.94 bits per heavy atom. The van der Waals surface area contributed by atoms with Crippen molar-refractivity contribution in [3.63, 3.8) is 0 Å². The second-order valence-corrected chi connectivity index (χ2v) is 10.2. The van der Waals surface area contributed by atoms with Crippen LogP contribution in [0.25, 0.3) is 0 Å². The average Bonchev–Trinajstić information content (AvgIpc) is 2.86. The second kappa shape index (κ2) is 13.7. The fourth-order valence-corrected chi connectivity index (χ4v) is 5.67. The molecule has 190 valence electrons. The van der Waals surface area contributed by atoms with Crippen molar-refractivity contribution in [2.75, 3.05) is 12.9 Å². The van der Waals surface area contributed by atoms with Gasteiger partial charge in [-0.15, -0.1) is 11.8 Å². The van der Waals surface area contributed by atoms with Crippen LogP contribution in [0.3, 0.4) is 0 Å². The van der Waals surface area contributed by atoms with E-state index in [1.807, 2.05) is 31.2 Å². The van der Waals surface area contributed by atoms with Crippen molar-refractivity contribution >= 4 is 35.2 Å². The SMILES string of the molecule is CCC(C(=O)NC1CCCCC1)N(Cc1cccc(OC)c1)C(=O)CSCc1c(F)cccc1Cl. The van der Waals surface area contributed by atoms with Crippen LogP contribution in [0.2, 0.25) is 5.02 Å². The standard InChI is InChI=1S/C27H34ClFN2O3S/c1-3-25(27(33)30-20-10-5-4-6-11-20)31(16-19-9-7-12-21(15-19)34-2)26(32)18-35-17-22-23(28)13-8-14-24(22)29/h7-9,12-15,20,25H,3-6,10-11,16-18H2,1-2H3,(H,30,33). The summed E-state index contributed by atoms with van der Waals surface area (Å²) in [6, 6.07) is 11.6. The number of amides is 2. The number of benzene rings is 2. The van der Waals surface area contributed by atoms with Gasteiger partial charge >= 0.3 is 0 Å². The van der Waals surface area contributed by atoms with E-state index in [1.165, 1.54) is 24.2 Å². The van der Waals surface area contributed by atoms with E-state index in [2.05, 4.69) is 5.32 Å². The van der Waals surface area contributed by atoms with Crippen molar-refractivity contribution < 1.29 is 18.7 Å². The third kappa shape index (κ3) is 7.87. The first-order valence-electron chi connectivity index (χ1n) is 12.2. The molecule has 1 aliphatic carbocycles. The van der Waals surface area contributed by atoms with Gasteiger partial charge in [0.25, 0.3) is 0 Å². The van der Waals surface area contributed by atoms with Gasteiger partial charge in [-0.25, -0.2) is 4.39 Å². The number of nitrogens with zero attached hydrogens (tertiary/aromatic N) is 1. The minimum Gasteiger partial charge on any atom is -0.497 e. The maximum absolute atomic E-state index is 14.1. The minimum atomic E-state index is -0.590. The first-order valence-corrected chi connectivity index (χ1v) is 13.7. The number of thioether (sulfide) groups is 1. The number of carbonyl (C=O) groups is 2. The molecule has 1 saturated carbocycles. The lowest BCUT2D eigenvalue weighted by atomic mass is 9.95. The molecule has 2 aromatic carbocycles. The molecule has 0 bridgehead atoms. The maximum atomic E-state index is 14.1. The van der Waals surface area contributed by atoms with Crippen LogP contribution in [0.15, 0.2) is 42.5 Å². The molecule has 3 rings (SSSR count). The zero-order chi connectivity index (χ0) is 25.2. The highest BCUT2D eigenvalue weighted by Crippen LogP contribution is 2.25. The van der Waals surface area contributed by atoms with E-state index in [1.54, 1.807) is 24.1 Å². The van der Waals surface area contributed by atoms with E-state index in [9.17, 15) is 14.0 Å². The summed E-state index contributed by atoms with van der Waals surface area (Å²) in [5.41, 5.74) is 1.26. The van der Waals surface area contributed by atoms with Gasteiger partial charge in [0.1, 0.15) is 17.6 Å². The molecule has 0 radical (unpaired) electrons. The van der Waals surface area contributed by atoms with E-state index in [0.29, 0.717) is 22.8 Å². The number of nitrogens with one attached hydrogen (secondary N) is 1. The number of hydrogen-bond acceptors (Lipinski definition) is 4. The predicted octanol–water partition coefficient (Wildman–Crippen LogP) is 5.98. The summed E-state index contributed by atoms with van der Waals surface area (Å²) in [5, 5.41) is 3.52. The lowest BCUT2D eigenvalue weighted by molar-refractivity contribution is -0.139. The van der Waals surface area contributed by atoms with Crippen LogP contribution >= 0.6 is 23.4 Å². The zero-order valence-corrected chi connectivity index (χ0v) is 22.0. The molecule has 5 nitrogen and oxygen atoms in total. The summed E-state index contributed by atoms with van der Waals surface area (Å²) in [7, 11) is 1.60. The minimum absolute atomic E-state index is 0.113. The summed E-state index contributed by atoms with van der Waals surface area (Å²) in [4.78, 5) is 28.4. The lowest BCUT2D eigenvalue weighted by Gasteiger charge is -2.33. The van der Waals surface area contributed by atoms with E-state index >= 15 is 0 Å². The van der Waals surface area contributed by atoms with Crippen molar-refractivity contribution in [1.82, 2.24) is 10.2 Å². The Bertz CT molecular complexity index is 980. The van der Waals surface area contributed by atoms with Crippen molar-refractivity contribution in [3.05, 3.63) is 64.4 Å². The first kappa shape index (κ1) is 27.3. The van der Waals surface area contributed by atoms with Crippen molar-refractivity contribution in [1.29, 1.82) is 0 Å². The summed E-state index contributed by atoms with van der Waals surface area (Å²) in [6.45, 7) is 2.21.